The van der Waals surface area contributed by atoms with Gasteiger partial charge in [-0.15, -0.1) is 0 Å². The molecule has 3 aromatic rings. The minimum atomic E-state index is -0.861. The van der Waals surface area contributed by atoms with Crippen molar-refractivity contribution in [2.45, 2.75) is 64.8 Å². The Morgan fingerprint density at radius 1 is 1.10 bits per heavy atom. The van der Waals surface area contributed by atoms with Gasteiger partial charge in [-0.25, -0.2) is 0 Å². The lowest BCUT2D eigenvalue weighted by Gasteiger charge is -2.31. The van der Waals surface area contributed by atoms with Crippen molar-refractivity contribution in [2.24, 2.45) is 5.41 Å². The molecule has 0 bridgehead atoms. The molecule has 1 aromatic heterocycles. The first-order valence-electron chi connectivity index (χ1n) is 14.4. The highest BCUT2D eigenvalue weighted by molar-refractivity contribution is 5.93. The highest BCUT2D eigenvalue weighted by atomic mass is 16.3. The van der Waals surface area contributed by atoms with E-state index in [-0.39, 0.29) is 30.7 Å². The fraction of sp³-hybridized carbons (Fsp3) is 0.469. The molecule has 4 N–H and O–H groups in total. The van der Waals surface area contributed by atoms with Crippen LogP contribution in [0.4, 0.5) is 0 Å². The van der Waals surface area contributed by atoms with Crippen molar-refractivity contribution in [1.82, 2.24) is 25.4 Å². The van der Waals surface area contributed by atoms with Crippen LogP contribution in [0.1, 0.15) is 44.9 Å². The molecule has 1 unspecified atom stereocenters. The van der Waals surface area contributed by atoms with E-state index in [1.165, 1.54) is 0 Å². The predicted octanol–water partition coefficient (Wildman–Crippen LogP) is 2.84. The van der Waals surface area contributed by atoms with Gasteiger partial charge < -0.3 is 25.6 Å². The number of carbonyl (C=O) groups excluding carboxylic acids is 3. The van der Waals surface area contributed by atoms with Crippen LogP contribution in [0.5, 0.6) is 0 Å². The Labute approximate surface area is 242 Å². The van der Waals surface area contributed by atoms with Gasteiger partial charge in [0.2, 0.25) is 17.7 Å². The molecule has 1 saturated heterocycles. The van der Waals surface area contributed by atoms with Gasteiger partial charge in [-0.3, -0.25) is 19.3 Å². The van der Waals surface area contributed by atoms with E-state index in [1.807, 2.05) is 93.5 Å². The topological polar surface area (TPSA) is 118 Å². The van der Waals surface area contributed by atoms with Crippen molar-refractivity contribution in [2.75, 3.05) is 26.7 Å². The van der Waals surface area contributed by atoms with E-state index in [1.54, 1.807) is 4.90 Å². The summed E-state index contributed by atoms with van der Waals surface area (Å²) in [6, 6.07) is 16.4. The zero-order chi connectivity index (χ0) is 29.6. The summed E-state index contributed by atoms with van der Waals surface area (Å²) < 4.78 is 0. The van der Waals surface area contributed by atoms with Gasteiger partial charge in [0.25, 0.3) is 0 Å². The Morgan fingerprint density at radius 2 is 1.85 bits per heavy atom. The molecule has 0 saturated carbocycles. The Morgan fingerprint density at radius 3 is 2.56 bits per heavy atom. The normalized spacial score (nSPS) is 17.0. The maximum absolute atomic E-state index is 13.5. The molecular weight excluding hydrogens is 518 g/mol. The number of aromatic amines is 1. The number of fused-ring (bicyclic) bond motifs is 1. The number of H-pyrrole nitrogens is 1. The molecule has 2 aromatic carbocycles. The molecule has 9 nitrogen and oxygen atoms in total. The number of likely N-dealkylation sites (N-methyl/N-ethyl adjacent to an activating group) is 1. The standard InChI is InChI=1S/C32H43N5O4/c1-32(2,3)31(41)37-16-8-12-28(37)30(40)35-27(18-22-13-14-23-9-5-6-10-24(23)17-22)29(39)34-19-26(38)21-36(4)20-25-11-7-15-33-25/h5-7,9-11,13-15,17,26-28,33,38H,8,12,16,18-21H2,1-4H3,(H,34,39)(H,35,40)/t26?,27-,28+/m1/s1. The Kier molecular flexibility index (Phi) is 9.83. The van der Waals surface area contributed by atoms with E-state index in [4.69, 9.17) is 0 Å². The first kappa shape index (κ1) is 30.3. The van der Waals surface area contributed by atoms with Crippen LogP contribution in [-0.4, -0.2) is 82.5 Å². The molecule has 0 aliphatic carbocycles. The Hall–Kier alpha value is -3.69. The summed E-state index contributed by atoms with van der Waals surface area (Å²) in [7, 11) is 1.90. The molecule has 3 atom stereocenters. The molecule has 0 spiro atoms. The van der Waals surface area contributed by atoms with Crippen LogP contribution in [0.2, 0.25) is 0 Å². The van der Waals surface area contributed by atoms with Gasteiger partial charge in [0.1, 0.15) is 12.1 Å². The first-order valence-corrected chi connectivity index (χ1v) is 14.4. The van der Waals surface area contributed by atoms with Crippen molar-refractivity contribution in [1.29, 1.82) is 0 Å². The van der Waals surface area contributed by atoms with Gasteiger partial charge in [-0.1, -0.05) is 63.2 Å². The van der Waals surface area contributed by atoms with Crippen molar-refractivity contribution in [3.05, 3.63) is 72.1 Å². The molecule has 41 heavy (non-hydrogen) atoms. The number of aliphatic hydroxyl groups excluding tert-OH is 1. The maximum atomic E-state index is 13.5. The van der Waals surface area contributed by atoms with Crippen molar-refractivity contribution in [3.63, 3.8) is 0 Å². The Balaban J connectivity index is 1.44. The van der Waals surface area contributed by atoms with Crippen LogP contribution >= 0.6 is 0 Å². The first-order chi connectivity index (χ1) is 19.5. The van der Waals surface area contributed by atoms with Gasteiger partial charge >= 0.3 is 0 Å². The van der Waals surface area contributed by atoms with Gasteiger partial charge in [0, 0.05) is 49.9 Å². The minimum absolute atomic E-state index is 0.0516. The fourth-order valence-electron chi connectivity index (χ4n) is 5.38. The Bertz CT molecular complexity index is 1330. The van der Waals surface area contributed by atoms with Crippen LogP contribution in [-0.2, 0) is 27.3 Å². The SMILES string of the molecule is CN(Cc1ccc[nH]1)CC(O)CNC(=O)[C@@H](Cc1ccc2ccccc2c1)NC(=O)[C@@H]1CCCN1C(=O)C(C)(C)C. The lowest BCUT2D eigenvalue weighted by molar-refractivity contribution is -0.145. The molecule has 9 heteroatoms. The summed E-state index contributed by atoms with van der Waals surface area (Å²) in [5, 5.41) is 18.5. The van der Waals surface area contributed by atoms with E-state index in [2.05, 4.69) is 15.6 Å². The summed E-state index contributed by atoms with van der Waals surface area (Å²) in [5.74, 6) is -0.770. The summed E-state index contributed by atoms with van der Waals surface area (Å²) in [6.07, 6.45) is 2.65. The average Bonchev–Trinajstić information content (AvgIpc) is 3.62. The third-order valence-electron chi connectivity index (χ3n) is 7.48. The number of aromatic nitrogens is 1. The largest absolute Gasteiger partial charge is 0.390 e. The molecular formula is C32H43N5O4. The van der Waals surface area contributed by atoms with Crippen LogP contribution in [0.25, 0.3) is 10.8 Å². The number of nitrogens with one attached hydrogen (secondary N) is 3. The van der Waals surface area contributed by atoms with Crippen LogP contribution in [0, 0.1) is 5.41 Å². The number of carbonyl (C=O) groups is 3. The summed E-state index contributed by atoms with van der Waals surface area (Å²) in [5.41, 5.74) is 1.34. The third-order valence-corrected chi connectivity index (χ3v) is 7.48. The maximum Gasteiger partial charge on any atom is 0.243 e. The van der Waals surface area contributed by atoms with E-state index in [9.17, 15) is 19.5 Å². The second-order valence-electron chi connectivity index (χ2n) is 12.1. The number of nitrogens with zero attached hydrogens (tertiary/aromatic N) is 2. The number of amides is 3. The van der Waals surface area contributed by atoms with E-state index in [0.717, 1.165) is 28.5 Å². The van der Waals surface area contributed by atoms with Crippen molar-refractivity contribution >= 4 is 28.5 Å². The molecule has 1 aliphatic heterocycles. The molecule has 220 valence electrons. The molecule has 3 amide bonds. The highest BCUT2D eigenvalue weighted by Gasteiger charge is 2.39. The predicted molar refractivity (Wildman–Crippen MR) is 160 cm³/mol. The third kappa shape index (κ3) is 8.17. The number of aliphatic hydroxyl groups is 1. The van der Waals surface area contributed by atoms with Gasteiger partial charge in [-0.2, -0.15) is 0 Å². The van der Waals surface area contributed by atoms with Crippen LogP contribution in [0.15, 0.2) is 60.8 Å². The lowest BCUT2D eigenvalue weighted by atomic mass is 9.94. The number of hydrogen-bond acceptors (Lipinski definition) is 5. The fourth-order valence-corrected chi connectivity index (χ4v) is 5.38. The average molecular weight is 562 g/mol. The van der Waals surface area contributed by atoms with Gasteiger partial charge in [0.15, 0.2) is 0 Å². The minimum Gasteiger partial charge on any atom is -0.390 e. The van der Waals surface area contributed by atoms with E-state index in [0.29, 0.717) is 26.1 Å². The van der Waals surface area contributed by atoms with Crippen LogP contribution < -0.4 is 10.6 Å². The molecule has 2 heterocycles. The molecule has 1 aliphatic rings. The number of hydrogen-bond donors (Lipinski definition) is 4. The highest BCUT2D eigenvalue weighted by Crippen LogP contribution is 2.26. The molecule has 0 radical (unpaired) electrons. The summed E-state index contributed by atoms with van der Waals surface area (Å²) in [4.78, 5) is 46.7. The number of likely N-dealkylation sites (tertiary alicyclic amines) is 1. The van der Waals surface area contributed by atoms with E-state index >= 15 is 0 Å². The zero-order valence-electron chi connectivity index (χ0n) is 24.5. The number of benzene rings is 2. The smallest absolute Gasteiger partial charge is 0.243 e. The zero-order valence-corrected chi connectivity index (χ0v) is 24.5. The summed E-state index contributed by atoms with van der Waals surface area (Å²) in [6.45, 7) is 7.13. The molecule has 4 rings (SSSR count). The second-order valence-corrected chi connectivity index (χ2v) is 12.1. The van der Waals surface area contributed by atoms with Gasteiger partial charge in [0.05, 0.1) is 6.10 Å². The van der Waals surface area contributed by atoms with E-state index < -0.39 is 23.6 Å². The van der Waals surface area contributed by atoms with Crippen LogP contribution in [0.3, 0.4) is 0 Å². The lowest BCUT2D eigenvalue weighted by Crippen LogP contribution is -2.55. The second kappa shape index (κ2) is 13.3. The number of rotatable bonds is 11. The van der Waals surface area contributed by atoms with Crippen molar-refractivity contribution < 1.29 is 19.5 Å². The molecule has 1 fully saturated rings. The van der Waals surface area contributed by atoms with Gasteiger partial charge in [-0.05, 0) is 48.4 Å². The monoisotopic (exact) mass is 561 g/mol. The quantitative estimate of drug-likeness (QED) is 0.287. The van der Waals surface area contributed by atoms with Crippen molar-refractivity contribution in [3.8, 4) is 0 Å². The summed E-state index contributed by atoms with van der Waals surface area (Å²) >= 11 is 0.